The number of hydrogen-bond acceptors (Lipinski definition) is 4. The van der Waals surface area contributed by atoms with Crippen molar-refractivity contribution >= 4 is 23.3 Å². The Labute approximate surface area is 145 Å². The van der Waals surface area contributed by atoms with Gasteiger partial charge >= 0.3 is 5.97 Å². The molecule has 0 unspecified atom stereocenters. The van der Waals surface area contributed by atoms with E-state index in [4.69, 9.17) is 4.74 Å². The Kier molecular flexibility index (Phi) is 5.16. The average Bonchev–Trinajstić information content (AvgIpc) is 2.69. The van der Waals surface area contributed by atoms with Gasteiger partial charge in [-0.25, -0.2) is 4.79 Å². The smallest absolute Gasteiger partial charge is 0.340 e. The molecule has 3 aromatic rings. The van der Waals surface area contributed by atoms with Crippen LogP contribution in [0.25, 0.3) is 0 Å². The lowest BCUT2D eigenvalue weighted by atomic mass is 10.2. The first-order valence-electron chi connectivity index (χ1n) is 7.76. The van der Waals surface area contributed by atoms with Crippen molar-refractivity contribution < 1.29 is 14.3 Å². The van der Waals surface area contributed by atoms with Gasteiger partial charge in [0.25, 0.3) is 5.91 Å². The van der Waals surface area contributed by atoms with Gasteiger partial charge in [-0.05, 0) is 36.4 Å². The second kappa shape index (κ2) is 7.88. The van der Waals surface area contributed by atoms with Crippen molar-refractivity contribution in [3.8, 4) is 0 Å². The van der Waals surface area contributed by atoms with Crippen LogP contribution in [0, 0.1) is 0 Å². The average molecular weight is 332 g/mol. The molecule has 0 N–H and O–H groups in total. The molecule has 0 saturated carbocycles. The van der Waals surface area contributed by atoms with E-state index in [1.807, 2.05) is 60.7 Å². The van der Waals surface area contributed by atoms with E-state index in [0.29, 0.717) is 16.9 Å². The molecule has 0 aliphatic rings. The number of hydrogen-bond donors (Lipinski definition) is 0. The summed E-state index contributed by atoms with van der Waals surface area (Å²) in [5, 5.41) is 0. The van der Waals surface area contributed by atoms with Crippen LogP contribution in [0.15, 0.2) is 85.2 Å². The second-order valence-electron chi connectivity index (χ2n) is 5.22. The van der Waals surface area contributed by atoms with Gasteiger partial charge in [-0.15, -0.1) is 0 Å². The number of ether oxygens (including phenoxy) is 1. The minimum atomic E-state index is -0.581. The first kappa shape index (κ1) is 16.4. The molecule has 124 valence electrons. The molecule has 25 heavy (non-hydrogen) atoms. The van der Waals surface area contributed by atoms with Crippen molar-refractivity contribution in [3.05, 3.63) is 90.8 Å². The van der Waals surface area contributed by atoms with Crippen molar-refractivity contribution in [2.75, 3.05) is 11.5 Å². The summed E-state index contributed by atoms with van der Waals surface area (Å²) < 4.78 is 5.14. The SMILES string of the molecule is O=C(OCC(=O)N(c1ccccc1)c1ccccc1)c1cccnc1. The summed E-state index contributed by atoms with van der Waals surface area (Å²) in [5.41, 5.74) is 1.72. The maximum Gasteiger partial charge on any atom is 0.340 e. The van der Waals surface area contributed by atoms with E-state index in [9.17, 15) is 9.59 Å². The number of carbonyl (C=O) groups is 2. The van der Waals surface area contributed by atoms with Gasteiger partial charge in [-0.1, -0.05) is 36.4 Å². The molecule has 0 aliphatic heterocycles. The van der Waals surface area contributed by atoms with Crippen LogP contribution in [0.1, 0.15) is 10.4 Å². The zero-order valence-corrected chi connectivity index (χ0v) is 13.4. The van der Waals surface area contributed by atoms with Crippen LogP contribution in [0.4, 0.5) is 11.4 Å². The minimum Gasteiger partial charge on any atom is -0.452 e. The fourth-order valence-corrected chi connectivity index (χ4v) is 2.35. The molecular weight excluding hydrogens is 316 g/mol. The van der Waals surface area contributed by atoms with Crippen LogP contribution >= 0.6 is 0 Å². The second-order valence-corrected chi connectivity index (χ2v) is 5.22. The van der Waals surface area contributed by atoms with Crippen molar-refractivity contribution in [1.82, 2.24) is 4.98 Å². The van der Waals surface area contributed by atoms with Crippen molar-refractivity contribution in [2.45, 2.75) is 0 Å². The Morgan fingerprint density at radius 1 is 0.840 bits per heavy atom. The van der Waals surface area contributed by atoms with Crippen molar-refractivity contribution in [1.29, 1.82) is 0 Å². The minimum absolute atomic E-state index is 0.307. The molecule has 0 fully saturated rings. The fourth-order valence-electron chi connectivity index (χ4n) is 2.35. The van der Waals surface area contributed by atoms with Crippen LogP contribution in [0.2, 0.25) is 0 Å². The van der Waals surface area contributed by atoms with Gasteiger partial charge < -0.3 is 4.74 Å². The zero-order chi connectivity index (χ0) is 17.5. The molecule has 5 heteroatoms. The van der Waals surface area contributed by atoms with Gasteiger partial charge in [-0.3, -0.25) is 14.7 Å². The molecule has 0 atom stereocenters. The first-order valence-corrected chi connectivity index (χ1v) is 7.76. The van der Waals surface area contributed by atoms with Crippen LogP contribution in [-0.2, 0) is 9.53 Å². The van der Waals surface area contributed by atoms with Gasteiger partial charge in [0.15, 0.2) is 6.61 Å². The Bertz CT molecular complexity index is 797. The number of para-hydroxylation sites is 2. The predicted octanol–water partition coefficient (Wildman–Crippen LogP) is 3.60. The predicted molar refractivity (Wildman–Crippen MR) is 94.5 cm³/mol. The topological polar surface area (TPSA) is 59.5 Å². The Morgan fingerprint density at radius 2 is 1.44 bits per heavy atom. The van der Waals surface area contributed by atoms with Crippen LogP contribution < -0.4 is 4.90 Å². The number of pyridine rings is 1. The van der Waals surface area contributed by atoms with E-state index >= 15 is 0 Å². The highest BCUT2D eigenvalue weighted by molar-refractivity contribution is 6.02. The van der Waals surface area contributed by atoms with E-state index in [-0.39, 0.29) is 12.5 Å². The maximum absolute atomic E-state index is 12.7. The Balaban J connectivity index is 1.77. The highest BCUT2D eigenvalue weighted by Crippen LogP contribution is 2.25. The molecule has 0 saturated heterocycles. The summed E-state index contributed by atoms with van der Waals surface area (Å²) in [6.07, 6.45) is 2.97. The van der Waals surface area contributed by atoms with Crippen LogP contribution in [0.3, 0.4) is 0 Å². The number of carbonyl (C=O) groups excluding carboxylic acids is 2. The summed E-state index contributed by atoms with van der Waals surface area (Å²) in [6.45, 7) is -0.364. The maximum atomic E-state index is 12.7. The molecule has 0 radical (unpaired) electrons. The molecule has 3 rings (SSSR count). The summed E-state index contributed by atoms with van der Waals surface area (Å²) in [7, 11) is 0. The number of esters is 1. The Morgan fingerprint density at radius 3 is 1.96 bits per heavy atom. The first-order chi connectivity index (χ1) is 12.3. The summed E-state index contributed by atoms with van der Waals surface area (Å²) >= 11 is 0. The zero-order valence-electron chi connectivity index (χ0n) is 13.4. The van der Waals surface area contributed by atoms with Gasteiger partial charge in [-0.2, -0.15) is 0 Å². The lowest BCUT2D eigenvalue weighted by Crippen LogP contribution is -2.30. The van der Waals surface area contributed by atoms with Gasteiger partial charge in [0.2, 0.25) is 0 Å². The van der Waals surface area contributed by atoms with Crippen LogP contribution in [-0.4, -0.2) is 23.5 Å². The monoisotopic (exact) mass is 332 g/mol. The van der Waals surface area contributed by atoms with Crippen molar-refractivity contribution in [3.63, 3.8) is 0 Å². The molecule has 1 aromatic heterocycles. The molecule has 2 aromatic carbocycles. The normalized spacial score (nSPS) is 10.1. The standard InChI is InChI=1S/C20H16N2O3/c23-19(15-25-20(24)16-8-7-13-21-14-16)22(17-9-3-1-4-10-17)18-11-5-2-6-12-18/h1-14H,15H2. The highest BCUT2D eigenvalue weighted by Gasteiger charge is 2.19. The lowest BCUT2D eigenvalue weighted by Gasteiger charge is -2.22. The summed E-state index contributed by atoms with van der Waals surface area (Å²) in [5.74, 6) is -0.919. The number of amides is 1. The number of rotatable bonds is 5. The molecule has 1 heterocycles. The molecule has 0 aliphatic carbocycles. The van der Waals surface area contributed by atoms with Gasteiger partial charge in [0, 0.05) is 23.8 Å². The number of benzene rings is 2. The molecule has 0 bridgehead atoms. The van der Waals surface area contributed by atoms with E-state index in [2.05, 4.69) is 4.98 Å². The fraction of sp³-hybridized carbons (Fsp3) is 0.0500. The Hall–Kier alpha value is -3.47. The molecule has 0 spiro atoms. The third kappa shape index (κ3) is 4.09. The van der Waals surface area contributed by atoms with Crippen LogP contribution in [0.5, 0.6) is 0 Å². The molecule has 5 nitrogen and oxygen atoms in total. The molecule has 1 amide bonds. The highest BCUT2D eigenvalue weighted by atomic mass is 16.5. The number of anilines is 2. The third-order valence-corrected chi connectivity index (χ3v) is 3.50. The van der Waals surface area contributed by atoms with Gasteiger partial charge in [0.05, 0.1) is 5.56 Å². The van der Waals surface area contributed by atoms with E-state index in [1.54, 1.807) is 18.3 Å². The van der Waals surface area contributed by atoms with E-state index < -0.39 is 5.97 Å². The lowest BCUT2D eigenvalue weighted by molar-refractivity contribution is -0.120. The summed E-state index contributed by atoms with van der Waals surface area (Å²) in [6, 6.07) is 21.7. The number of nitrogens with zero attached hydrogens (tertiary/aromatic N) is 2. The van der Waals surface area contributed by atoms with E-state index in [1.165, 1.54) is 11.1 Å². The van der Waals surface area contributed by atoms with Gasteiger partial charge in [0.1, 0.15) is 0 Å². The quantitative estimate of drug-likeness (QED) is 0.670. The van der Waals surface area contributed by atoms with E-state index in [0.717, 1.165) is 0 Å². The third-order valence-electron chi connectivity index (χ3n) is 3.50. The summed E-state index contributed by atoms with van der Waals surface area (Å²) in [4.78, 5) is 30.1. The molecular formula is C20H16N2O3. The largest absolute Gasteiger partial charge is 0.452 e. The van der Waals surface area contributed by atoms with Crippen molar-refractivity contribution in [2.24, 2.45) is 0 Å². The number of aromatic nitrogens is 1.